The number of hydrogen-bond donors (Lipinski definition) is 2. The van der Waals surface area contributed by atoms with Crippen LogP contribution in [-0.4, -0.2) is 11.1 Å². The number of carbonyl (C=O) groups is 1. The molecule has 1 aliphatic carbocycles. The van der Waals surface area contributed by atoms with Crippen molar-refractivity contribution in [3.8, 4) is 0 Å². The number of anilines is 1. The molecule has 2 aromatic rings. The van der Waals surface area contributed by atoms with Crippen LogP contribution in [0.15, 0.2) is 18.2 Å². The lowest BCUT2D eigenvalue weighted by molar-refractivity contribution is -0.141. The fourth-order valence-electron chi connectivity index (χ4n) is 2.32. The Bertz CT molecular complexity index is 588. The van der Waals surface area contributed by atoms with Crippen LogP contribution in [0.5, 0.6) is 0 Å². The first-order chi connectivity index (χ1) is 7.65. The average Bonchev–Trinajstić information content (AvgIpc) is 2.75. The second kappa shape index (κ2) is 3.22. The van der Waals surface area contributed by atoms with Gasteiger partial charge in [-0.3, -0.25) is 4.79 Å². The highest BCUT2D eigenvalue weighted by Gasteiger charge is 2.30. The summed E-state index contributed by atoms with van der Waals surface area (Å²) in [7, 11) is 0. The van der Waals surface area contributed by atoms with Crippen molar-refractivity contribution >= 4 is 33.1 Å². The molecule has 1 heterocycles. The summed E-state index contributed by atoms with van der Waals surface area (Å²) in [5.74, 6) is -0.937. The quantitative estimate of drug-likeness (QED) is 0.743. The van der Waals surface area contributed by atoms with Gasteiger partial charge in [-0.15, -0.1) is 11.3 Å². The van der Waals surface area contributed by atoms with E-state index in [0.717, 1.165) is 11.1 Å². The summed E-state index contributed by atoms with van der Waals surface area (Å²) in [6.07, 6.45) is 1.32. The highest BCUT2D eigenvalue weighted by Crippen LogP contribution is 2.40. The highest BCUT2D eigenvalue weighted by molar-refractivity contribution is 7.19. The number of carboxylic acids is 1. The molecule has 16 heavy (non-hydrogen) atoms. The predicted molar refractivity (Wildman–Crippen MR) is 64.8 cm³/mol. The maximum Gasteiger partial charge on any atom is 0.307 e. The van der Waals surface area contributed by atoms with Gasteiger partial charge in [-0.1, -0.05) is 0 Å². The first-order valence-electron chi connectivity index (χ1n) is 5.17. The Morgan fingerprint density at radius 3 is 3.00 bits per heavy atom. The summed E-state index contributed by atoms with van der Waals surface area (Å²) in [6.45, 7) is 0. The van der Waals surface area contributed by atoms with E-state index in [1.165, 1.54) is 15.1 Å². The van der Waals surface area contributed by atoms with Crippen LogP contribution in [0, 0.1) is 5.92 Å². The fourth-order valence-corrected chi connectivity index (χ4v) is 3.62. The van der Waals surface area contributed by atoms with Crippen LogP contribution >= 0.6 is 11.3 Å². The number of aliphatic carboxylic acids is 1. The van der Waals surface area contributed by atoms with Gasteiger partial charge in [-0.05, 0) is 42.0 Å². The molecule has 0 bridgehead atoms. The van der Waals surface area contributed by atoms with Crippen molar-refractivity contribution in [2.24, 2.45) is 5.92 Å². The third-order valence-corrected chi connectivity index (χ3v) is 4.37. The molecule has 0 amide bonds. The number of fused-ring (bicyclic) bond motifs is 3. The zero-order chi connectivity index (χ0) is 11.3. The third kappa shape index (κ3) is 1.30. The van der Waals surface area contributed by atoms with E-state index in [9.17, 15) is 4.79 Å². The molecule has 0 spiro atoms. The number of nitrogens with two attached hydrogens (primary N) is 1. The second-order valence-corrected chi connectivity index (χ2v) is 5.34. The Balaban J connectivity index is 2.13. The summed E-state index contributed by atoms with van der Waals surface area (Å²) in [6, 6.07) is 5.86. The number of carboxylic acid groups (broad SMARTS) is 1. The van der Waals surface area contributed by atoms with E-state index in [4.69, 9.17) is 10.8 Å². The second-order valence-electron chi connectivity index (χ2n) is 4.20. The van der Waals surface area contributed by atoms with Crippen molar-refractivity contribution in [2.45, 2.75) is 12.8 Å². The molecular formula is C12H11NO2S. The van der Waals surface area contributed by atoms with Gasteiger partial charge in [-0.25, -0.2) is 0 Å². The summed E-state index contributed by atoms with van der Waals surface area (Å²) in [4.78, 5) is 12.2. The van der Waals surface area contributed by atoms with Gasteiger partial charge in [0.25, 0.3) is 0 Å². The van der Waals surface area contributed by atoms with Crippen LogP contribution in [0.1, 0.15) is 10.4 Å². The monoisotopic (exact) mass is 233 g/mol. The van der Waals surface area contributed by atoms with Crippen LogP contribution in [-0.2, 0) is 17.6 Å². The lowest BCUT2D eigenvalue weighted by Crippen LogP contribution is -2.13. The largest absolute Gasteiger partial charge is 0.481 e. The predicted octanol–water partition coefficient (Wildman–Crippen LogP) is 2.28. The Morgan fingerprint density at radius 2 is 2.25 bits per heavy atom. The van der Waals surface area contributed by atoms with Gasteiger partial charge in [0.05, 0.1) is 5.92 Å². The van der Waals surface area contributed by atoms with Gasteiger partial charge >= 0.3 is 5.97 Å². The molecule has 1 aromatic carbocycles. The summed E-state index contributed by atoms with van der Waals surface area (Å²) >= 11 is 1.70. The Hall–Kier alpha value is -1.55. The normalized spacial score (nSPS) is 18.9. The van der Waals surface area contributed by atoms with E-state index in [2.05, 4.69) is 0 Å². The number of nitrogen functional groups attached to an aromatic ring is 1. The van der Waals surface area contributed by atoms with Gasteiger partial charge in [0, 0.05) is 15.3 Å². The molecule has 1 aliphatic rings. The SMILES string of the molecule is Nc1ccc2sc3c(c2c1)CC(C(=O)O)C3. The van der Waals surface area contributed by atoms with Crippen molar-refractivity contribution in [2.75, 3.05) is 5.73 Å². The fraction of sp³-hybridized carbons (Fsp3) is 0.250. The highest BCUT2D eigenvalue weighted by atomic mass is 32.1. The van der Waals surface area contributed by atoms with Crippen molar-refractivity contribution in [3.05, 3.63) is 28.6 Å². The maximum absolute atomic E-state index is 11.0. The van der Waals surface area contributed by atoms with Crippen LogP contribution in [0.25, 0.3) is 10.1 Å². The molecule has 0 aliphatic heterocycles. The first kappa shape index (κ1) is 9.66. The minimum absolute atomic E-state index is 0.243. The molecule has 3 nitrogen and oxygen atoms in total. The van der Waals surface area contributed by atoms with E-state index in [-0.39, 0.29) is 5.92 Å². The molecule has 0 saturated carbocycles. The van der Waals surface area contributed by atoms with Crippen molar-refractivity contribution in [1.82, 2.24) is 0 Å². The minimum atomic E-state index is -0.694. The molecule has 0 saturated heterocycles. The smallest absolute Gasteiger partial charge is 0.307 e. The van der Waals surface area contributed by atoms with Crippen LogP contribution < -0.4 is 5.73 Å². The Kier molecular flexibility index (Phi) is 1.94. The van der Waals surface area contributed by atoms with Crippen molar-refractivity contribution in [3.63, 3.8) is 0 Å². The first-order valence-corrected chi connectivity index (χ1v) is 5.99. The van der Waals surface area contributed by atoms with Crippen molar-refractivity contribution in [1.29, 1.82) is 0 Å². The van der Waals surface area contributed by atoms with Gasteiger partial charge in [0.1, 0.15) is 0 Å². The van der Waals surface area contributed by atoms with Crippen LogP contribution in [0.2, 0.25) is 0 Å². The molecular weight excluding hydrogens is 222 g/mol. The van der Waals surface area contributed by atoms with Gasteiger partial charge in [0.15, 0.2) is 0 Å². The average molecular weight is 233 g/mol. The standard InChI is InChI=1S/C12H11NO2S/c13-7-1-2-10-9(5-7)8-3-6(12(14)15)4-11(8)16-10/h1-2,5-6H,3-4,13H2,(H,14,15). The van der Waals surface area contributed by atoms with E-state index < -0.39 is 5.97 Å². The number of hydrogen-bond acceptors (Lipinski definition) is 3. The number of rotatable bonds is 1. The Labute approximate surface area is 96.5 Å². The zero-order valence-corrected chi connectivity index (χ0v) is 9.38. The van der Waals surface area contributed by atoms with Crippen LogP contribution in [0.4, 0.5) is 5.69 Å². The minimum Gasteiger partial charge on any atom is -0.481 e. The Morgan fingerprint density at radius 1 is 1.44 bits per heavy atom. The van der Waals surface area contributed by atoms with Gasteiger partial charge in [-0.2, -0.15) is 0 Å². The molecule has 4 heteroatoms. The van der Waals surface area contributed by atoms with Gasteiger partial charge in [0.2, 0.25) is 0 Å². The lowest BCUT2D eigenvalue weighted by atomic mass is 10.1. The van der Waals surface area contributed by atoms with E-state index in [0.29, 0.717) is 12.8 Å². The van der Waals surface area contributed by atoms with Crippen LogP contribution in [0.3, 0.4) is 0 Å². The molecule has 3 rings (SSSR count). The molecule has 3 N–H and O–H groups in total. The van der Waals surface area contributed by atoms with E-state index in [1.54, 1.807) is 11.3 Å². The summed E-state index contributed by atoms with van der Waals surface area (Å²) < 4.78 is 1.21. The number of thiophene rings is 1. The molecule has 1 unspecified atom stereocenters. The van der Waals surface area contributed by atoms with Crippen molar-refractivity contribution < 1.29 is 9.90 Å². The lowest BCUT2D eigenvalue weighted by Gasteiger charge is -2.01. The maximum atomic E-state index is 11.0. The topological polar surface area (TPSA) is 63.3 Å². The van der Waals surface area contributed by atoms with Gasteiger partial charge < -0.3 is 10.8 Å². The molecule has 0 radical (unpaired) electrons. The molecule has 1 aromatic heterocycles. The number of benzene rings is 1. The summed E-state index contributed by atoms with van der Waals surface area (Å²) in [5, 5.41) is 10.2. The van der Waals surface area contributed by atoms with E-state index >= 15 is 0 Å². The molecule has 0 fully saturated rings. The molecule has 82 valence electrons. The summed E-state index contributed by atoms with van der Waals surface area (Å²) in [5.41, 5.74) is 7.70. The third-order valence-electron chi connectivity index (χ3n) is 3.13. The van der Waals surface area contributed by atoms with E-state index in [1.807, 2.05) is 18.2 Å². The zero-order valence-electron chi connectivity index (χ0n) is 8.56. The molecule has 1 atom stereocenters.